The van der Waals surface area contributed by atoms with Crippen molar-refractivity contribution < 1.29 is 9.90 Å². The van der Waals surface area contributed by atoms with E-state index in [2.05, 4.69) is 22.4 Å². The van der Waals surface area contributed by atoms with Crippen LogP contribution in [0.5, 0.6) is 0 Å². The Morgan fingerprint density at radius 3 is 2.84 bits per heavy atom. The summed E-state index contributed by atoms with van der Waals surface area (Å²) >= 11 is 0. The van der Waals surface area contributed by atoms with Crippen LogP contribution in [-0.2, 0) is 11.2 Å². The van der Waals surface area contributed by atoms with E-state index in [0.29, 0.717) is 0 Å². The van der Waals surface area contributed by atoms with Crippen molar-refractivity contribution in [2.24, 2.45) is 0 Å². The molecule has 102 valence electrons. The van der Waals surface area contributed by atoms with Gasteiger partial charge in [0.05, 0.1) is 6.42 Å². The molecule has 0 aliphatic carbocycles. The number of benzene rings is 1. The van der Waals surface area contributed by atoms with Gasteiger partial charge in [-0.2, -0.15) is 0 Å². The summed E-state index contributed by atoms with van der Waals surface area (Å²) in [5, 5.41) is 13.4. The second-order valence-electron chi connectivity index (χ2n) is 5.49. The van der Waals surface area contributed by atoms with Gasteiger partial charge in [0.25, 0.3) is 0 Å². The summed E-state index contributed by atoms with van der Waals surface area (Å²) in [5.74, 6) is -0.774. The number of aliphatic carboxylic acids is 1. The van der Waals surface area contributed by atoms with Crippen molar-refractivity contribution in [3.8, 4) is 0 Å². The number of carboxylic acids is 1. The van der Waals surface area contributed by atoms with E-state index in [-0.39, 0.29) is 12.0 Å². The SMILES string of the molecule is CC(C)(CC(=O)O)NCCc1c[nH]c2ccccc12. The molecule has 0 bridgehead atoms. The summed E-state index contributed by atoms with van der Waals surface area (Å²) in [6.07, 6.45) is 3.03. The maximum Gasteiger partial charge on any atom is 0.305 e. The summed E-state index contributed by atoms with van der Waals surface area (Å²) < 4.78 is 0. The Morgan fingerprint density at radius 2 is 2.11 bits per heavy atom. The predicted molar refractivity (Wildman–Crippen MR) is 76.3 cm³/mol. The largest absolute Gasteiger partial charge is 0.481 e. The fraction of sp³-hybridized carbons (Fsp3) is 0.400. The lowest BCUT2D eigenvalue weighted by Crippen LogP contribution is -2.42. The molecule has 0 saturated heterocycles. The molecule has 3 N–H and O–H groups in total. The smallest absolute Gasteiger partial charge is 0.305 e. The van der Waals surface area contributed by atoms with Crippen molar-refractivity contribution >= 4 is 16.9 Å². The number of H-pyrrole nitrogens is 1. The zero-order valence-electron chi connectivity index (χ0n) is 11.4. The van der Waals surface area contributed by atoms with E-state index in [9.17, 15) is 4.79 Å². The monoisotopic (exact) mass is 260 g/mol. The van der Waals surface area contributed by atoms with Crippen LogP contribution in [0.4, 0.5) is 0 Å². The van der Waals surface area contributed by atoms with E-state index in [0.717, 1.165) is 18.5 Å². The highest BCUT2D eigenvalue weighted by Crippen LogP contribution is 2.18. The normalized spacial score (nSPS) is 11.9. The van der Waals surface area contributed by atoms with E-state index in [1.165, 1.54) is 10.9 Å². The topological polar surface area (TPSA) is 65.1 Å². The third kappa shape index (κ3) is 3.58. The maximum absolute atomic E-state index is 10.7. The number of aromatic amines is 1. The lowest BCUT2D eigenvalue weighted by atomic mass is 10.0. The van der Waals surface area contributed by atoms with Crippen LogP contribution in [-0.4, -0.2) is 28.1 Å². The van der Waals surface area contributed by atoms with Crippen LogP contribution in [0.3, 0.4) is 0 Å². The van der Waals surface area contributed by atoms with E-state index in [1.54, 1.807) is 0 Å². The number of carboxylic acid groups (broad SMARTS) is 1. The first-order valence-electron chi connectivity index (χ1n) is 6.50. The molecular formula is C15H20N2O2. The number of hydrogen-bond donors (Lipinski definition) is 3. The summed E-state index contributed by atoms with van der Waals surface area (Å²) in [6, 6.07) is 8.20. The lowest BCUT2D eigenvalue weighted by Gasteiger charge is -2.24. The third-order valence-corrected chi connectivity index (χ3v) is 3.27. The van der Waals surface area contributed by atoms with Gasteiger partial charge >= 0.3 is 5.97 Å². The maximum atomic E-state index is 10.7. The van der Waals surface area contributed by atoms with Gasteiger partial charge in [-0.05, 0) is 38.4 Å². The molecule has 4 heteroatoms. The number of fused-ring (bicyclic) bond motifs is 1. The Bertz CT molecular complexity index is 572. The van der Waals surface area contributed by atoms with Crippen molar-refractivity contribution in [1.82, 2.24) is 10.3 Å². The second-order valence-corrected chi connectivity index (χ2v) is 5.49. The fourth-order valence-electron chi connectivity index (χ4n) is 2.31. The lowest BCUT2D eigenvalue weighted by molar-refractivity contribution is -0.138. The van der Waals surface area contributed by atoms with Gasteiger partial charge in [-0.15, -0.1) is 0 Å². The first-order chi connectivity index (χ1) is 8.98. The van der Waals surface area contributed by atoms with Crippen molar-refractivity contribution in [2.75, 3.05) is 6.54 Å². The zero-order valence-corrected chi connectivity index (χ0v) is 11.4. The molecule has 0 amide bonds. The van der Waals surface area contributed by atoms with Gasteiger partial charge in [0, 0.05) is 22.6 Å². The highest BCUT2D eigenvalue weighted by Gasteiger charge is 2.20. The average Bonchev–Trinajstić information content (AvgIpc) is 2.71. The number of para-hydroxylation sites is 1. The summed E-state index contributed by atoms with van der Waals surface area (Å²) in [5.41, 5.74) is 2.02. The van der Waals surface area contributed by atoms with Crippen LogP contribution in [0.1, 0.15) is 25.8 Å². The standard InChI is InChI=1S/C15H20N2O2/c1-15(2,9-14(18)19)17-8-7-11-10-16-13-6-4-3-5-12(11)13/h3-6,10,16-17H,7-9H2,1-2H3,(H,18,19). The van der Waals surface area contributed by atoms with Crippen LogP contribution in [0.15, 0.2) is 30.5 Å². The number of rotatable bonds is 6. The molecule has 0 atom stereocenters. The van der Waals surface area contributed by atoms with Crippen LogP contribution >= 0.6 is 0 Å². The van der Waals surface area contributed by atoms with E-state index >= 15 is 0 Å². The average molecular weight is 260 g/mol. The molecule has 0 aliphatic rings. The van der Waals surface area contributed by atoms with Gasteiger partial charge in [-0.1, -0.05) is 18.2 Å². The van der Waals surface area contributed by atoms with E-state index in [1.807, 2.05) is 32.2 Å². The minimum atomic E-state index is -0.774. The van der Waals surface area contributed by atoms with Gasteiger partial charge in [-0.25, -0.2) is 0 Å². The minimum absolute atomic E-state index is 0.126. The van der Waals surface area contributed by atoms with Crippen molar-refractivity contribution in [3.05, 3.63) is 36.0 Å². The van der Waals surface area contributed by atoms with Crippen LogP contribution in [0.2, 0.25) is 0 Å². The first-order valence-corrected chi connectivity index (χ1v) is 6.50. The number of aromatic nitrogens is 1. The van der Waals surface area contributed by atoms with E-state index in [4.69, 9.17) is 5.11 Å². The molecule has 0 spiro atoms. The molecule has 0 fully saturated rings. The molecule has 2 aromatic rings. The molecule has 0 aliphatic heterocycles. The first kappa shape index (κ1) is 13.6. The quantitative estimate of drug-likeness (QED) is 0.748. The Morgan fingerprint density at radius 1 is 1.37 bits per heavy atom. The van der Waals surface area contributed by atoms with Crippen LogP contribution in [0.25, 0.3) is 10.9 Å². The molecular weight excluding hydrogens is 240 g/mol. The highest BCUT2D eigenvalue weighted by molar-refractivity contribution is 5.83. The van der Waals surface area contributed by atoms with Crippen LogP contribution < -0.4 is 5.32 Å². The number of hydrogen-bond acceptors (Lipinski definition) is 2. The van der Waals surface area contributed by atoms with Crippen molar-refractivity contribution in [3.63, 3.8) is 0 Å². The summed E-state index contributed by atoms with van der Waals surface area (Å²) in [4.78, 5) is 14.0. The zero-order chi connectivity index (χ0) is 13.9. The fourth-order valence-corrected chi connectivity index (χ4v) is 2.31. The molecule has 1 aromatic heterocycles. The minimum Gasteiger partial charge on any atom is -0.481 e. The number of carbonyl (C=O) groups is 1. The van der Waals surface area contributed by atoms with Gasteiger partial charge in [-0.3, -0.25) is 4.79 Å². The summed E-state index contributed by atoms with van der Waals surface area (Å²) in [7, 11) is 0. The molecule has 0 radical (unpaired) electrons. The highest BCUT2D eigenvalue weighted by atomic mass is 16.4. The van der Waals surface area contributed by atoms with Gasteiger partial charge in [0.15, 0.2) is 0 Å². The van der Waals surface area contributed by atoms with Gasteiger partial charge in [0.1, 0.15) is 0 Å². The second kappa shape index (κ2) is 5.45. The molecule has 4 nitrogen and oxygen atoms in total. The molecule has 0 unspecified atom stereocenters. The molecule has 19 heavy (non-hydrogen) atoms. The van der Waals surface area contributed by atoms with Crippen molar-refractivity contribution in [2.45, 2.75) is 32.2 Å². The Labute approximate surface area is 112 Å². The Balaban J connectivity index is 1.94. The molecule has 1 heterocycles. The number of nitrogens with one attached hydrogen (secondary N) is 2. The molecule has 0 saturated carbocycles. The summed E-state index contributed by atoms with van der Waals surface area (Å²) in [6.45, 7) is 4.59. The van der Waals surface area contributed by atoms with Gasteiger partial charge < -0.3 is 15.4 Å². The Kier molecular flexibility index (Phi) is 3.90. The van der Waals surface area contributed by atoms with Gasteiger partial charge in [0.2, 0.25) is 0 Å². The van der Waals surface area contributed by atoms with Crippen molar-refractivity contribution in [1.29, 1.82) is 0 Å². The molecule has 2 rings (SSSR count). The van der Waals surface area contributed by atoms with Crippen LogP contribution in [0, 0.1) is 0 Å². The third-order valence-electron chi connectivity index (χ3n) is 3.27. The predicted octanol–water partition coefficient (Wildman–Crippen LogP) is 2.55. The van der Waals surface area contributed by atoms with E-state index < -0.39 is 5.97 Å². The molecule has 1 aromatic carbocycles. The Hall–Kier alpha value is -1.81.